The van der Waals surface area contributed by atoms with Crippen molar-refractivity contribution in [3.63, 3.8) is 0 Å². The van der Waals surface area contributed by atoms with Gasteiger partial charge in [0, 0.05) is 10.6 Å². The van der Waals surface area contributed by atoms with Crippen LogP contribution in [-0.4, -0.2) is 26.4 Å². The van der Waals surface area contributed by atoms with Gasteiger partial charge in [0.05, 0.1) is 17.7 Å². The van der Waals surface area contributed by atoms with Gasteiger partial charge in [-0.3, -0.25) is 10.2 Å². The van der Waals surface area contributed by atoms with E-state index in [1.807, 2.05) is 6.92 Å². The van der Waals surface area contributed by atoms with Gasteiger partial charge in [0.1, 0.15) is 5.75 Å². The molecular weight excluding hydrogens is 424 g/mol. The first kappa shape index (κ1) is 21.5. The SMILES string of the molecule is COc1ccc(N/N=C(/C(=O)c2ccc(Cl)cc2)S(=O)(=O)c2ccc(C)cc2)cc1. The molecule has 0 unspecified atom stereocenters. The lowest BCUT2D eigenvalue weighted by molar-refractivity contribution is 0.106. The summed E-state index contributed by atoms with van der Waals surface area (Å²) in [6, 6.07) is 18.9. The fraction of sp³-hybridized carbons (Fsp3) is 0.0909. The Hall–Kier alpha value is -3.16. The van der Waals surface area contributed by atoms with E-state index in [1.54, 1.807) is 36.4 Å². The second-order valence-electron chi connectivity index (χ2n) is 6.41. The molecule has 0 bridgehead atoms. The van der Waals surface area contributed by atoms with Gasteiger partial charge in [-0.25, -0.2) is 8.42 Å². The zero-order chi connectivity index (χ0) is 21.7. The number of nitrogens with one attached hydrogen (secondary N) is 1. The molecular formula is C22H19ClN2O4S. The van der Waals surface area contributed by atoms with Crippen LogP contribution in [0.3, 0.4) is 0 Å². The van der Waals surface area contributed by atoms with Crippen LogP contribution >= 0.6 is 11.6 Å². The normalized spacial score (nSPS) is 11.8. The molecule has 0 heterocycles. The number of aryl methyl sites for hydroxylation is 1. The number of benzene rings is 3. The van der Waals surface area contributed by atoms with Crippen LogP contribution in [0.1, 0.15) is 15.9 Å². The van der Waals surface area contributed by atoms with Gasteiger partial charge in [0.25, 0.3) is 0 Å². The molecule has 0 saturated carbocycles. The maximum Gasteiger partial charge on any atom is 0.229 e. The average Bonchev–Trinajstić information content (AvgIpc) is 2.75. The van der Waals surface area contributed by atoms with Crippen LogP contribution in [0.5, 0.6) is 5.75 Å². The lowest BCUT2D eigenvalue weighted by atomic mass is 10.1. The molecule has 0 radical (unpaired) electrons. The van der Waals surface area contributed by atoms with Crippen molar-refractivity contribution in [3.8, 4) is 5.75 Å². The summed E-state index contributed by atoms with van der Waals surface area (Å²) in [5.41, 5.74) is 4.20. The molecule has 6 nitrogen and oxygen atoms in total. The molecule has 0 spiro atoms. The van der Waals surface area contributed by atoms with Gasteiger partial charge in [-0.2, -0.15) is 5.10 Å². The molecule has 8 heteroatoms. The van der Waals surface area contributed by atoms with E-state index in [4.69, 9.17) is 16.3 Å². The van der Waals surface area contributed by atoms with Gasteiger partial charge >= 0.3 is 0 Å². The smallest absolute Gasteiger partial charge is 0.229 e. The quantitative estimate of drug-likeness (QED) is 0.258. The Balaban J connectivity index is 2.03. The number of methoxy groups -OCH3 is 1. The van der Waals surface area contributed by atoms with Crippen molar-refractivity contribution in [2.75, 3.05) is 12.5 Å². The van der Waals surface area contributed by atoms with Crippen molar-refractivity contribution in [2.45, 2.75) is 11.8 Å². The van der Waals surface area contributed by atoms with E-state index < -0.39 is 20.7 Å². The number of rotatable bonds is 6. The van der Waals surface area contributed by atoms with Crippen LogP contribution in [0.25, 0.3) is 0 Å². The molecule has 0 aliphatic rings. The summed E-state index contributed by atoms with van der Waals surface area (Å²) < 4.78 is 31.5. The summed E-state index contributed by atoms with van der Waals surface area (Å²) in [6.07, 6.45) is 0. The van der Waals surface area contributed by atoms with Crippen molar-refractivity contribution in [1.29, 1.82) is 0 Å². The van der Waals surface area contributed by atoms with E-state index in [9.17, 15) is 13.2 Å². The molecule has 154 valence electrons. The molecule has 3 rings (SSSR count). The largest absolute Gasteiger partial charge is 0.497 e. The van der Waals surface area contributed by atoms with Crippen LogP contribution in [-0.2, 0) is 9.84 Å². The zero-order valence-electron chi connectivity index (χ0n) is 16.3. The van der Waals surface area contributed by atoms with Gasteiger partial charge in [-0.05, 0) is 67.6 Å². The summed E-state index contributed by atoms with van der Waals surface area (Å²) in [5, 5.41) is 3.79. The number of carbonyl (C=O) groups excluding carboxylic acids is 1. The third kappa shape index (κ3) is 4.87. The van der Waals surface area contributed by atoms with E-state index in [0.29, 0.717) is 16.5 Å². The third-order valence-electron chi connectivity index (χ3n) is 4.26. The number of hydrogen-bond acceptors (Lipinski definition) is 6. The van der Waals surface area contributed by atoms with Crippen molar-refractivity contribution < 1.29 is 17.9 Å². The van der Waals surface area contributed by atoms with Gasteiger partial charge < -0.3 is 4.74 Å². The summed E-state index contributed by atoms with van der Waals surface area (Å²) >= 11 is 5.88. The Morgan fingerprint density at radius 2 is 1.53 bits per heavy atom. The fourth-order valence-electron chi connectivity index (χ4n) is 2.57. The second-order valence-corrected chi connectivity index (χ2v) is 8.71. The molecule has 0 amide bonds. The van der Waals surface area contributed by atoms with Gasteiger partial charge in [0.15, 0.2) is 0 Å². The average molecular weight is 443 g/mol. The summed E-state index contributed by atoms with van der Waals surface area (Å²) in [7, 11) is -2.64. The predicted molar refractivity (Wildman–Crippen MR) is 118 cm³/mol. The summed E-state index contributed by atoms with van der Waals surface area (Å²) in [6.45, 7) is 1.84. The van der Waals surface area contributed by atoms with E-state index in [-0.39, 0.29) is 10.5 Å². The molecule has 3 aromatic carbocycles. The molecule has 0 atom stereocenters. The number of hydrogen-bond donors (Lipinski definition) is 1. The number of Topliss-reactive ketones (excluding diaryl/α,β-unsaturated/α-hetero) is 1. The number of hydrazone groups is 1. The first-order chi connectivity index (χ1) is 14.3. The number of anilines is 1. The number of ether oxygens (including phenoxy) is 1. The standard InChI is InChI=1S/C22H19ClN2O4S/c1-15-3-13-20(14-4-15)30(27,28)22(21(26)16-5-7-17(23)8-6-16)25-24-18-9-11-19(29-2)12-10-18/h3-14,24H,1-2H3/b25-22-. The number of nitrogens with zero attached hydrogens (tertiary/aromatic N) is 1. The second kappa shape index (κ2) is 9.11. The van der Waals surface area contributed by atoms with Crippen LogP contribution in [0.4, 0.5) is 5.69 Å². The molecule has 0 saturated heterocycles. The minimum Gasteiger partial charge on any atom is -0.497 e. The van der Waals surface area contributed by atoms with Crippen LogP contribution in [0.2, 0.25) is 5.02 Å². The van der Waals surface area contributed by atoms with E-state index >= 15 is 0 Å². The van der Waals surface area contributed by atoms with Crippen molar-refractivity contribution in [3.05, 3.63) is 88.9 Å². The molecule has 0 aliphatic carbocycles. The van der Waals surface area contributed by atoms with E-state index in [0.717, 1.165) is 5.56 Å². The highest BCUT2D eigenvalue weighted by Crippen LogP contribution is 2.20. The molecule has 0 aromatic heterocycles. The number of ketones is 1. The minimum atomic E-state index is -4.18. The van der Waals surface area contributed by atoms with Crippen LogP contribution < -0.4 is 10.2 Å². The maximum absolute atomic E-state index is 13.2. The van der Waals surface area contributed by atoms with Crippen LogP contribution in [0.15, 0.2) is 82.8 Å². The number of halogens is 1. The Labute approximate surface area is 180 Å². The van der Waals surface area contributed by atoms with E-state index in [2.05, 4.69) is 10.5 Å². The Kier molecular flexibility index (Phi) is 6.54. The molecule has 0 aliphatic heterocycles. The van der Waals surface area contributed by atoms with E-state index in [1.165, 1.54) is 43.5 Å². The first-order valence-corrected chi connectivity index (χ1v) is 10.8. The van der Waals surface area contributed by atoms with Crippen molar-refractivity contribution in [1.82, 2.24) is 0 Å². The lowest BCUT2D eigenvalue weighted by Crippen LogP contribution is -2.26. The first-order valence-electron chi connectivity index (χ1n) is 8.91. The summed E-state index contributed by atoms with van der Waals surface area (Å²) in [5.74, 6) is -0.109. The molecule has 3 aromatic rings. The molecule has 30 heavy (non-hydrogen) atoms. The Bertz CT molecular complexity index is 1170. The van der Waals surface area contributed by atoms with Crippen molar-refractivity contribution in [2.24, 2.45) is 5.10 Å². The monoisotopic (exact) mass is 442 g/mol. The zero-order valence-corrected chi connectivity index (χ0v) is 17.9. The van der Waals surface area contributed by atoms with Crippen molar-refractivity contribution >= 4 is 38.0 Å². The Morgan fingerprint density at radius 3 is 2.10 bits per heavy atom. The number of carbonyl (C=O) groups is 1. The highest BCUT2D eigenvalue weighted by Gasteiger charge is 2.30. The predicted octanol–water partition coefficient (Wildman–Crippen LogP) is 4.74. The maximum atomic E-state index is 13.2. The summed E-state index contributed by atoms with van der Waals surface area (Å²) in [4.78, 5) is 13.0. The van der Waals surface area contributed by atoms with Crippen LogP contribution in [0, 0.1) is 6.92 Å². The molecule has 0 fully saturated rings. The minimum absolute atomic E-state index is 0.0225. The highest BCUT2D eigenvalue weighted by molar-refractivity contribution is 8.08. The van der Waals surface area contributed by atoms with Gasteiger partial charge in [0.2, 0.25) is 20.7 Å². The Morgan fingerprint density at radius 1 is 0.933 bits per heavy atom. The van der Waals surface area contributed by atoms with Gasteiger partial charge in [-0.15, -0.1) is 0 Å². The topological polar surface area (TPSA) is 84.8 Å². The highest BCUT2D eigenvalue weighted by atomic mass is 35.5. The number of sulfone groups is 1. The fourth-order valence-corrected chi connectivity index (χ4v) is 3.94. The molecule has 1 N–H and O–H groups in total. The van der Waals surface area contributed by atoms with Gasteiger partial charge in [-0.1, -0.05) is 29.3 Å². The lowest BCUT2D eigenvalue weighted by Gasteiger charge is -2.10. The third-order valence-corrected chi connectivity index (χ3v) is 6.19.